The molecule has 2 aromatic rings. The number of nitrogens with one attached hydrogen (secondary N) is 1. The number of hydrogen-bond acceptors (Lipinski definition) is 4. The average Bonchev–Trinajstić information content (AvgIpc) is 2.58. The van der Waals surface area contributed by atoms with Gasteiger partial charge < -0.3 is 11.1 Å². The summed E-state index contributed by atoms with van der Waals surface area (Å²) in [7, 11) is 0. The van der Waals surface area contributed by atoms with Gasteiger partial charge in [-0.2, -0.15) is 0 Å². The molecule has 0 aliphatic rings. The van der Waals surface area contributed by atoms with Crippen molar-refractivity contribution in [3.8, 4) is 0 Å². The number of nitrogens with two attached hydrogens (primary N) is 1. The van der Waals surface area contributed by atoms with E-state index in [1.165, 1.54) is 11.3 Å². The summed E-state index contributed by atoms with van der Waals surface area (Å²) in [4.78, 5) is 16.4. The van der Waals surface area contributed by atoms with Gasteiger partial charge in [0.05, 0.1) is 10.4 Å². The summed E-state index contributed by atoms with van der Waals surface area (Å²) in [6.45, 7) is 4.43. The van der Waals surface area contributed by atoms with E-state index in [9.17, 15) is 4.79 Å². The van der Waals surface area contributed by atoms with Gasteiger partial charge in [0.15, 0.2) is 0 Å². The van der Waals surface area contributed by atoms with Crippen LogP contribution in [0.5, 0.6) is 0 Å². The molecule has 1 amide bonds. The molecule has 0 atom stereocenters. The van der Waals surface area contributed by atoms with Crippen molar-refractivity contribution in [2.24, 2.45) is 0 Å². The van der Waals surface area contributed by atoms with Crippen LogP contribution in [0.4, 0.5) is 5.69 Å². The second-order valence-corrected chi connectivity index (χ2v) is 4.59. The molecule has 0 aromatic carbocycles. The van der Waals surface area contributed by atoms with E-state index in [-0.39, 0.29) is 5.91 Å². The number of aromatic nitrogens is 1. The Bertz CT molecular complexity index is 547. The van der Waals surface area contributed by atoms with Gasteiger partial charge in [0, 0.05) is 24.3 Å². The first kappa shape index (κ1) is 10.9. The zero-order valence-corrected chi connectivity index (χ0v) is 10.0. The number of carbonyl (C=O) groups excluding carboxylic acids is 1. The normalized spacial score (nSPS) is 10.6. The Kier molecular flexibility index (Phi) is 2.78. The quantitative estimate of drug-likeness (QED) is 0.835. The molecule has 0 bridgehead atoms. The van der Waals surface area contributed by atoms with E-state index < -0.39 is 0 Å². The fourth-order valence-electron chi connectivity index (χ4n) is 1.65. The fraction of sp³-hybridized carbons (Fsp3) is 0.273. The monoisotopic (exact) mass is 235 g/mol. The van der Waals surface area contributed by atoms with E-state index in [1.807, 2.05) is 13.8 Å². The van der Waals surface area contributed by atoms with E-state index in [2.05, 4.69) is 10.3 Å². The van der Waals surface area contributed by atoms with Gasteiger partial charge in [-0.15, -0.1) is 11.3 Å². The molecule has 2 rings (SSSR count). The first-order chi connectivity index (χ1) is 7.65. The largest absolute Gasteiger partial charge is 0.397 e. The Balaban J connectivity index is 2.61. The van der Waals surface area contributed by atoms with E-state index in [0.717, 1.165) is 15.6 Å². The topological polar surface area (TPSA) is 68.0 Å². The highest BCUT2D eigenvalue weighted by Gasteiger charge is 2.16. The SMILES string of the molecule is CCNC(=O)c1sc2cncc(C)c2c1N. The van der Waals surface area contributed by atoms with Gasteiger partial charge in [-0.05, 0) is 19.4 Å². The second kappa shape index (κ2) is 4.09. The Labute approximate surface area is 97.5 Å². The predicted octanol–water partition coefficient (Wildman–Crippen LogP) is 1.94. The maximum Gasteiger partial charge on any atom is 0.263 e. The third kappa shape index (κ3) is 1.63. The number of aryl methyl sites for hydroxylation is 1. The van der Waals surface area contributed by atoms with Crippen LogP contribution in [0.25, 0.3) is 10.1 Å². The summed E-state index contributed by atoms with van der Waals surface area (Å²) in [5.74, 6) is -0.111. The molecule has 0 fully saturated rings. The highest BCUT2D eigenvalue weighted by atomic mass is 32.1. The van der Waals surface area contributed by atoms with E-state index in [4.69, 9.17) is 5.73 Å². The zero-order chi connectivity index (χ0) is 11.7. The van der Waals surface area contributed by atoms with Crippen LogP contribution in [0, 0.1) is 6.92 Å². The summed E-state index contributed by atoms with van der Waals surface area (Å²) in [5, 5.41) is 3.70. The van der Waals surface area contributed by atoms with Gasteiger partial charge in [0.1, 0.15) is 4.88 Å². The van der Waals surface area contributed by atoms with Crippen molar-refractivity contribution in [3.05, 3.63) is 22.8 Å². The Morgan fingerprint density at radius 2 is 2.31 bits per heavy atom. The number of carbonyl (C=O) groups is 1. The van der Waals surface area contributed by atoms with Crippen LogP contribution in [0.3, 0.4) is 0 Å². The van der Waals surface area contributed by atoms with E-state index >= 15 is 0 Å². The lowest BCUT2D eigenvalue weighted by Crippen LogP contribution is -2.22. The smallest absolute Gasteiger partial charge is 0.263 e. The van der Waals surface area contributed by atoms with Crippen molar-refractivity contribution in [3.63, 3.8) is 0 Å². The number of nitrogens with zero attached hydrogens (tertiary/aromatic N) is 1. The average molecular weight is 235 g/mol. The third-order valence-corrected chi connectivity index (χ3v) is 3.51. The summed E-state index contributed by atoms with van der Waals surface area (Å²) >= 11 is 1.39. The van der Waals surface area contributed by atoms with Crippen LogP contribution >= 0.6 is 11.3 Å². The molecule has 0 aliphatic carbocycles. The minimum Gasteiger partial charge on any atom is -0.397 e. The summed E-state index contributed by atoms with van der Waals surface area (Å²) < 4.78 is 0.957. The number of hydrogen-bond donors (Lipinski definition) is 2. The standard InChI is InChI=1S/C11H13N3OS/c1-3-14-11(15)10-9(12)8-6(2)4-13-5-7(8)16-10/h4-5H,3,12H2,1-2H3,(H,14,15). The molecule has 0 saturated carbocycles. The lowest BCUT2D eigenvalue weighted by atomic mass is 10.2. The number of fused-ring (bicyclic) bond motifs is 1. The van der Waals surface area contributed by atoms with Gasteiger partial charge in [-0.25, -0.2) is 0 Å². The number of anilines is 1. The molecule has 4 nitrogen and oxygen atoms in total. The Morgan fingerprint density at radius 1 is 1.56 bits per heavy atom. The van der Waals surface area contributed by atoms with Crippen molar-refractivity contribution in [2.45, 2.75) is 13.8 Å². The van der Waals surface area contributed by atoms with Crippen molar-refractivity contribution in [1.29, 1.82) is 0 Å². The molecule has 5 heteroatoms. The number of nitrogen functional groups attached to an aromatic ring is 1. The van der Waals surface area contributed by atoms with Gasteiger partial charge in [-0.1, -0.05) is 0 Å². The minimum atomic E-state index is -0.111. The lowest BCUT2D eigenvalue weighted by Gasteiger charge is -2.00. The molecule has 0 unspecified atom stereocenters. The number of rotatable bonds is 2. The molecule has 84 valence electrons. The molecule has 3 N–H and O–H groups in total. The van der Waals surface area contributed by atoms with Crippen LogP contribution < -0.4 is 11.1 Å². The molecule has 0 aliphatic heterocycles. The molecule has 2 aromatic heterocycles. The maximum absolute atomic E-state index is 11.7. The van der Waals surface area contributed by atoms with Crippen molar-refractivity contribution in [2.75, 3.05) is 12.3 Å². The van der Waals surface area contributed by atoms with Crippen LogP contribution in [0.2, 0.25) is 0 Å². The molecule has 0 saturated heterocycles. The highest BCUT2D eigenvalue weighted by molar-refractivity contribution is 7.21. The number of pyridine rings is 1. The van der Waals surface area contributed by atoms with E-state index in [1.54, 1.807) is 12.4 Å². The van der Waals surface area contributed by atoms with Crippen molar-refractivity contribution >= 4 is 33.0 Å². The van der Waals surface area contributed by atoms with Crippen molar-refractivity contribution < 1.29 is 4.79 Å². The Morgan fingerprint density at radius 3 is 2.94 bits per heavy atom. The van der Waals surface area contributed by atoms with Gasteiger partial charge in [0.2, 0.25) is 0 Å². The lowest BCUT2D eigenvalue weighted by molar-refractivity contribution is 0.0960. The highest BCUT2D eigenvalue weighted by Crippen LogP contribution is 2.34. The molecular formula is C11H13N3OS. The van der Waals surface area contributed by atoms with Crippen LogP contribution in [0.15, 0.2) is 12.4 Å². The summed E-state index contributed by atoms with van der Waals surface area (Å²) in [6, 6.07) is 0. The van der Waals surface area contributed by atoms with Crippen LogP contribution in [0.1, 0.15) is 22.2 Å². The summed E-state index contributed by atoms with van der Waals surface area (Å²) in [6.07, 6.45) is 3.50. The minimum absolute atomic E-state index is 0.111. The van der Waals surface area contributed by atoms with E-state index in [0.29, 0.717) is 17.1 Å². The zero-order valence-electron chi connectivity index (χ0n) is 9.20. The molecule has 16 heavy (non-hydrogen) atoms. The second-order valence-electron chi connectivity index (χ2n) is 3.53. The fourth-order valence-corrected chi connectivity index (χ4v) is 2.73. The predicted molar refractivity (Wildman–Crippen MR) is 66.8 cm³/mol. The number of thiophene rings is 1. The summed E-state index contributed by atoms with van der Waals surface area (Å²) in [5.41, 5.74) is 7.56. The third-order valence-electron chi connectivity index (χ3n) is 2.37. The molecule has 0 spiro atoms. The van der Waals surface area contributed by atoms with Gasteiger partial charge in [-0.3, -0.25) is 9.78 Å². The Hall–Kier alpha value is -1.62. The first-order valence-corrected chi connectivity index (χ1v) is 5.87. The molecule has 2 heterocycles. The maximum atomic E-state index is 11.7. The van der Waals surface area contributed by atoms with Gasteiger partial charge in [0.25, 0.3) is 5.91 Å². The van der Waals surface area contributed by atoms with Crippen LogP contribution in [-0.2, 0) is 0 Å². The van der Waals surface area contributed by atoms with Crippen LogP contribution in [-0.4, -0.2) is 17.4 Å². The van der Waals surface area contributed by atoms with Crippen molar-refractivity contribution in [1.82, 2.24) is 10.3 Å². The van der Waals surface area contributed by atoms with Gasteiger partial charge >= 0.3 is 0 Å². The molecule has 0 radical (unpaired) electrons. The number of amides is 1. The first-order valence-electron chi connectivity index (χ1n) is 5.06. The molecular weight excluding hydrogens is 222 g/mol.